The minimum absolute atomic E-state index is 0.493. The van der Waals surface area contributed by atoms with E-state index < -0.39 is 8.03 Å². The molecule has 0 radical (unpaired) electrons. The van der Waals surface area contributed by atoms with E-state index in [1.54, 1.807) is 0 Å². The van der Waals surface area contributed by atoms with Gasteiger partial charge in [-0.2, -0.15) is 4.89 Å². The molecule has 0 saturated heterocycles. The van der Waals surface area contributed by atoms with Gasteiger partial charge in [-0.15, -0.1) is 0 Å². The van der Waals surface area contributed by atoms with Crippen LogP contribution in [-0.2, 0) is 4.57 Å². The molecular weight excluding hydrogens is 231 g/mol. The van der Waals surface area contributed by atoms with Gasteiger partial charge in [0, 0.05) is 0 Å². The molecule has 3 heteroatoms. The lowest BCUT2D eigenvalue weighted by atomic mass is 10.1. The highest BCUT2D eigenvalue weighted by Gasteiger charge is 2.07. The topological polar surface area (TPSA) is 37.3 Å². The van der Waals surface area contributed by atoms with Crippen molar-refractivity contribution in [1.82, 2.24) is 0 Å². The molecule has 1 unspecified atom stereocenters. The summed E-state index contributed by atoms with van der Waals surface area (Å²) in [4.78, 5) is 8.62. The Morgan fingerprint density at radius 1 is 0.706 bits per heavy atom. The Morgan fingerprint density at radius 3 is 1.41 bits per heavy atom. The summed E-state index contributed by atoms with van der Waals surface area (Å²) in [7, 11) is -1.89. The lowest BCUT2D eigenvalue weighted by Crippen LogP contribution is -1.83. The first kappa shape index (κ1) is 17.1. The zero-order valence-corrected chi connectivity index (χ0v) is 12.4. The van der Waals surface area contributed by atoms with Crippen LogP contribution in [0.1, 0.15) is 84.0 Å². The van der Waals surface area contributed by atoms with E-state index in [1.807, 2.05) is 0 Å². The fourth-order valence-electron chi connectivity index (χ4n) is 2.09. The molecule has 0 bridgehead atoms. The summed E-state index contributed by atoms with van der Waals surface area (Å²) in [5.41, 5.74) is 0. The molecule has 2 nitrogen and oxygen atoms in total. The van der Waals surface area contributed by atoms with Crippen LogP contribution in [0.15, 0.2) is 0 Å². The van der Waals surface area contributed by atoms with Crippen LogP contribution in [-0.4, -0.2) is 11.1 Å². The van der Waals surface area contributed by atoms with E-state index >= 15 is 0 Å². The Labute approximate surface area is 108 Å². The van der Waals surface area contributed by atoms with Crippen molar-refractivity contribution in [2.24, 2.45) is 0 Å². The SMILES string of the molecule is CCCCCCCCCCCCCC[P+](=O)O. The summed E-state index contributed by atoms with van der Waals surface area (Å²) < 4.78 is 10.4. The highest BCUT2D eigenvalue weighted by molar-refractivity contribution is 7.37. The van der Waals surface area contributed by atoms with Crippen LogP contribution >= 0.6 is 8.03 Å². The van der Waals surface area contributed by atoms with Crippen molar-refractivity contribution in [3.8, 4) is 0 Å². The predicted molar refractivity (Wildman–Crippen MR) is 75.8 cm³/mol. The fourth-order valence-corrected chi connectivity index (χ4v) is 2.58. The molecule has 102 valence electrons. The molecule has 1 atom stereocenters. The summed E-state index contributed by atoms with van der Waals surface area (Å²) in [5.74, 6) is 0. The van der Waals surface area contributed by atoms with Crippen LogP contribution < -0.4 is 0 Å². The number of hydrogen-bond donors (Lipinski definition) is 1. The third-order valence-corrected chi connectivity index (χ3v) is 3.90. The molecule has 17 heavy (non-hydrogen) atoms. The molecule has 0 aromatic rings. The van der Waals surface area contributed by atoms with Crippen LogP contribution in [0.4, 0.5) is 0 Å². The van der Waals surface area contributed by atoms with E-state index in [9.17, 15) is 4.57 Å². The van der Waals surface area contributed by atoms with Gasteiger partial charge in [0.1, 0.15) is 0 Å². The zero-order valence-electron chi connectivity index (χ0n) is 11.5. The van der Waals surface area contributed by atoms with Gasteiger partial charge in [0.15, 0.2) is 6.16 Å². The molecule has 0 heterocycles. The minimum Gasteiger partial charge on any atom is -0.161 e. The summed E-state index contributed by atoms with van der Waals surface area (Å²) in [6.07, 6.45) is 16.2. The Hall–Kier alpha value is 0.0600. The van der Waals surface area contributed by atoms with Crippen molar-refractivity contribution in [1.29, 1.82) is 0 Å². The summed E-state index contributed by atoms with van der Waals surface area (Å²) in [6, 6.07) is 0. The first-order valence-electron chi connectivity index (χ1n) is 7.41. The molecule has 0 saturated carbocycles. The van der Waals surface area contributed by atoms with Crippen LogP contribution in [0.3, 0.4) is 0 Å². The predicted octanol–water partition coefficient (Wildman–Crippen LogP) is 5.42. The van der Waals surface area contributed by atoms with Gasteiger partial charge >= 0.3 is 8.03 Å². The van der Waals surface area contributed by atoms with Crippen LogP contribution in [0, 0.1) is 0 Å². The second-order valence-electron chi connectivity index (χ2n) is 4.96. The molecule has 0 fully saturated rings. The van der Waals surface area contributed by atoms with E-state index in [0.29, 0.717) is 6.16 Å². The quantitative estimate of drug-likeness (QED) is 0.355. The van der Waals surface area contributed by atoms with Crippen molar-refractivity contribution in [2.75, 3.05) is 6.16 Å². The van der Waals surface area contributed by atoms with Gasteiger partial charge in [0.2, 0.25) is 0 Å². The van der Waals surface area contributed by atoms with E-state index in [-0.39, 0.29) is 0 Å². The Bertz CT molecular complexity index is 172. The molecule has 1 N–H and O–H groups in total. The van der Waals surface area contributed by atoms with Crippen molar-refractivity contribution in [3.05, 3.63) is 0 Å². The summed E-state index contributed by atoms with van der Waals surface area (Å²) in [6.45, 7) is 2.26. The van der Waals surface area contributed by atoms with Crippen LogP contribution in [0.25, 0.3) is 0 Å². The third-order valence-electron chi connectivity index (χ3n) is 3.20. The average Bonchev–Trinajstić information content (AvgIpc) is 2.30. The van der Waals surface area contributed by atoms with E-state index in [0.717, 1.165) is 12.8 Å². The van der Waals surface area contributed by atoms with Crippen molar-refractivity contribution >= 4 is 8.03 Å². The number of unbranched alkanes of at least 4 members (excludes halogenated alkanes) is 11. The molecule has 0 aromatic heterocycles. The summed E-state index contributed by atoms with van der Waals surface area (Å²) in [5, 5.41) is 0. The first-order valence-corrected chi connectivity index (χ1v) is 8.80. The monoisotopic (exact) mass is 261 g/mol. The Balaban J connectivity index is 2.91. The molecular formula is C14H30O2P+. The summed E-state index contributed by atoms with van der Waals surface area (Å²) >= 11 is 0. The van der Waals surface area contributed by atoms with Gasteiger partial charge in [-0.25, -0.2) is 0 Å². The smallest absolute Gasteiger partial charge is 0.161 e. The number of rotatable bonds is 13. The van der Waals surface area contributed by atoms with Gasteiger partial charge in [-0.3, -0.25) is 0 Å². The van der Waals surface area contributed by atoms with E-state index in [4.69, 9.17) is 4.89 Å². The van der Waals surface area contributed by atoms with Gasteiger partial charge in [-0.05, 0) is 17.4 Å². The molecule has 0 aliphatic heterocycles. The second kappa shape index (κ2) is 14.1. The Morgan fingerprint density at radius 2 is 1.06 bits per heavy atom. The largest absolute Gasteiger partial charge is 0.505 e. The van der Waals surface area contributed by atoms with Crippen LogP contribution in [0.5, 0.6) is 0 Å². The number of hydrogen-bond acceptors (Lipinski definition) is 1. The van der Waals surface area contributed by atoms with E-state index in [2.05, 4.69) is 6.92 Å². The highest BCUT2D eigenvalue weighted by atomic mass is 31.1. The first-order chi connectivity index (χ1) is 8.27. The molecule has 0 aliphatic carbocycles. The lowest BCUT2D eigenvalue weighted by Gasteiger charge is -2.01. The molecule has 0 aliphatic rings. The van der Waals surface area contributed by atoms with E-state index in [1.165, 1.54) is 64.2 Å². The molecule has 0 amide bonds. The zero-order chi connectivity index (χ0) is 12.8. The van der Waals surface area contributed by atoms with Crippen molar-refractivity contribution in [3.63, 3.8) is 0 Å². The van der Waals surface area contributed by atoms with Gasteiger partial charge in [-0.1, -0.05) is 71.1 Å². The molecule has 0 rings (SSSR count). The molecule has 0 aromatic carbocycles. The maximum absolute atomic E-state index is 10.4. The van der Waals surface area contributed by atoms with Crippen LogP contribution in [0.2, 0.25) is 0 Å². The maximum Gasteiger partial charge on any atom is 0.505 e. The van der Waals surface area contributed by atoms with Crippen molar-refractivity contribution < 1.29 is 9.46 Å². The van der Waals surface area contributed by atoms with Gasteiger partial charge in [0.05, 0.1) is 0 Å². The van der Waals surface area contributed by atoms with Crippen molar-refractivity contribution in [2.45, 2.75) is 84.0 Å². The normalized spacial score (nSPS) is 11.8. The van der Waals surface area contributed by atoms with Gasteiger partial charge < -0.3 is 0 Å². The lowest BCUT2D eigenvalue weighted by molar-refractivity contribution is 0.498. The minimum atomic E-state index is -1.89. The third kappa shape index (κ3) is 16.1. The molecule has 0 spiro atoms. The second-order valence-corrected chi connectivity index (χ2v) is 6.12. The van der Waals surface area contributed by atoms with Gasteiger partial charge in [0.25, 0.3) is 0 Å². The standard InChI is InChI=1S/C14H29O2P/c1-2-3-4-5-6-7-8-9-10-11-12-13-14-17(15)16/h2-14H2,1H3/p+1. The Kier molecular flexibility index (Phi) is 14.2. The fraction of sp³-hybridized carbons (Fsp3) is 1.00. The highest BCUT2D eigenvalue weighted by Crippen LogP contribution is 2.17. The maximum atomic E-state index is 10.4. The average molecular weight is 261 g/mol.